The summed E-state index contributed by atoms with van der Waals surface area (Å²) in [5.41, 5.74) is -1.04. The normalized spacial score (nSPS) is 12.6. The molecule has 0 bridgehead atoms. The Bertz CT molecular complexity index is 1460. The van der Waals surface area contributed by atoms with Gasteiger partial charge in [-0.1, -0.05) is 19.9 Å². The standard InChI is InChI=1S/C21H17F5N6O2/c1-11(2)18-15-7-12(20(22,23)21(24,25)26)3-5-14(15)19(34)32(30-18)9-17(33)28-13-4-6-16-29-27-10-31(16)8-13/h3-8,10-11H,9H2,1-2H3,(H,28,33). The molecule has 4 rings (SSSR count). The number of alkyl halides is 5. The van der Waals surface area contributed by atoms with Crippen molar-refractivity contribution < 1.29 is 26.7 Å². The van der Waals surface area contributed by atoms with Crippen molar-refractivity contribution in [1.82, 2.24) is 24.4 Å². The van der Waals surface area contributed by atoms with Gasteiger partial charge < -0.3 is 5.32 Å². The number of aromatic nitrogens is 5. The zero-order valence-electron chi connectivity index (χ0n) is 17.8. The van der Waals surface area contributed by atoms with Crippen molar-refractivity contribution in [3.05, 3.63) is 64.5 Å². The summed E-state index contributed by atoms with van der Waals surface area (Å²) in [6, 6.07) is 5.29. The van der Waals surface area contributed by atoms with E-state index >= 15 is 0 Å². The van der Waals surface area contributed by atoms with Gasteiger partial charge in [0, 0.05) is 17.1 Å². The Labute approximate surface area is 188 Å². The molecule has 1 N–H and O–H groups in total. The van der Waals surface area contributed by atoms with Gasteiger partial charge in [-0.15, -0.1) is 10.2 Å². The number of nitrogens with one attached hydrogen (secondary N) is 1. The molecule has 1 amide bonds. The summed E-state index contributed by atoms with van der Waals surface area (Å²) in [5.74, 6) is -6.14. The number of halogens is 5. The molecule has 178 valence electrons. The molecule has 13 heteroatoms. The minimum atomic E-state index is -5.80. The molecule has 1 aromatic carbocycles. The highest BCUT2D eigenvalue weighted by molar-refractivity contribution is 5.91. The Balaban J connectivity index is 1.70. The third kappa shape index (κ3) is 4.08. The van der Waals surface area contributed by atoms with E-state index in [1.54, 1.807) is 36.6 Å². The lowest BCUT2D eigenvalue weighted by Gasteiger charge is -2.21. The van der Waals surface area contributed by atoms with Crippen LogP contribution in [0.5, 0.6) is 0 Å². The third-order valence-electron chi connectivity index (χ3n) is 5.12. The third-order valence-corrected chi connectivity index (χ3v) is 5.12. The molecule has 0 aliphatic heterocycles. The Hall–Kier alpha value is -3.90. The summed E-state index contributed by atoms with van der Waals surface area (Å²) in [7, 11) is 0. The first-order valence-corrected chi connectivity index (χ1v) is 9.97. The number of carbonyl (C=O) groups is 1. The quantitative estimate of drug-likeness (QED) is 0.438. The van der Waals surface area contributed by atoms with Crippen LogP contribution in [0.4, 0.5) is 27.6 Å². The van der Waals surface area contributed by atoms with Crippen LogP contribution in [0.1, 0.15) is 31.0 Å². The Kier molecular flexibility index (Phi) is 5.58. The van der Waals surface area contributed by atoms with E-state index in [1.807, 2.05) is 0 Å². The number of rotatable bonds is 5. The van der Waals surface area contributed by atoms with E-state index in [1.165, 1.54) is 6.33 Å². The van der Waals surface area contributed by atoms with Gasteiger partial charge in [0.05, 0.1) is 16.8 Å². The van der Waals surface area contributed by atoms with Crippen molar-refractivity contribution in [1.29, 1.82) is 0 Å². The van der Waals surface area contributed by atoms with Crippen LogP contribution >= 0.6 is 0 Å². The van der Waals surface area contributed by atoms with Crippen LogP contribution in [0.3, 0.4) is 0 Å². The lowest BCUT2D eigenvalue weighted by molar-refractivity contribution is -0.289. The van der Waals surface area contributed by atoms with Crippen molar-refractivity contribution in [2.75, 3.05) is 5.32 Å². The molecular weight excluding hydrogens is 463 g/mol. The number of anilines is 1. The number of nitrogens with zero attached hydrogens (tertiary/aromatic N) is 5. The molecule has 8 nitrogen and oxygen atoms in total. The van der Waals surface area contributed by atoms with E-state index in [9.17, 15) is 31.5 Å². The van der Waals surface area contributed by atoms with E-state index in [2.05, 4.69) is 20.6 Å². The number of fused-ring (bicyclic) bond motifs is 2. The zero-order valence-corrected chi connectivity index (χ0v) is 17.8. The van der Waals surface area contributed by atoms with Gasteiger partial charge in [-0.25, -0.2) is 4.68 Å². The highest BCUT2D eigenvalue weighted by Gasteiger charge is 2.58. The van der Waals surface area contributed by atoms with Crippen LogP contribution in [-0.4, -0.2) is 36.5 Å². The van der Waals surface area contributed by atoms with E-state index in [0.29, 0.717) is 23.5 Å². The van der Waals surface area contributed by atoms with E-state index < -0.39 is 41.6 Å². The van der Waals surface area contributed by atoms with Crippen LogP contribution in [-0.2, 0) is 17.3 Å². The number of benzene rings is 1. The van der Waals surface area contributed by atoms with E-state index in [-0.39, 0.29) is 16.5 Å². The number of amides is 1. The number of hydrogen-bond acceptors (Lipinski definition) is 5. The highest BCUT2D eigenvalue weighted by atomic mass is 19.4. The van der Waals surface area contributed by atoms with Crippen molar-refractivity contribution >= 4 is 28.0 Å². The molecule has 0 radical (unpaired) electrons. The van der Waals surface area contributed by atoms with Gasteiger partial charge in [-0.2, -0.15) is 27.1 Å². The SMILES string of the molecule is CC(C)c1nn(CC(=O)Nc2ccc3nncn3c2)c(=O)c2ccc(C(F)(F)C(F)(F)F)cc12. The molecule has 34 heavy (non-hydrogen) atoms. The molecule has 0 saturated carbocycles. The first-order valence-electron chi connectivity index (χ1n) is 9.97. The molecule has 0 saturated heterocycles. The van der Waals surface area contributed by atoms with Crippen LogP contribution in [0.15, 0.2) is 47.7 Å². The van der Waals surface area contributed by atoms with E-state index in [0.717, 1.165) is 10.7 Å². The molecule has 0 unspecified atom stereocenters. The summed E-state index contributed by atoms with van der Waals surface area (Å²) in [6.45, 7) is 2.77. The molecule has 0 spiro atoms. The Morgan fingerprint density at radius 1 is 1.09 bits per heavy atom. The fourth-order valence-corrected chi connectivity index (χ4v) is 3.44. The minimum absolute atomic E-state index is 0.105. The molecule has 3 aromatic heterocycles. The molecular formula is C21H17F5N6O2. The maximum atomic E-state index is 13.9. The van der Waals surface area contributed by atoms with Gasteiger partial charge in [0.2, 0.25) is 5.91 Å². The van der Waals surface area contributed by atoms with Crippen LogP contribution in [0.25, 0.3) is 16.4 Å². The van der Waals surface area contributed by atoms with Gasteiger partial charge in [-0.05, 0) is 30.2 Å². The fraction of sp³-hybridized carbons (Fsp3) is 0.286. The van der Waals surface area contributed by atoms with Gasteiger partial charge in [-0.3, -0.25) is 14.0 Å². The Morgan fingerprint density at radius 3 is 2.50 bits per heavy atom. The summed E-state index contributed by atoms with van der Waals surface area (Å²) < 4.78 is 68.6. The first kappa shape index (κ1) is 23.3. The predicted molar refractivity (Wildman–Crippen MR) is 112 cm³/mol. The summed E-state index contributed by atoms with van der Waals surface area (Å²) in [6.07, 6.45) is -2.80. The highest BCUT2D eigenvalue weighted by Crippen LogP contribution is 2.44. The van der Waals surface area contributed by atoms with Gasteiger partial charge >= 0.3 is 12.1 Å². The lowest BCUT2D eigenvalue weighted by atomic mass is 9.98. The average molecular weight is 480 g/mol. The zero-order chi connectivity index (χ0) is 24.8. The van der Waals surface area contributed by atoms with Gasteiger partial charge in [0.1, 0.15) is 12.9 Å². The number of pyridine rings is 1. The van der Waals surface area contributed by atoms with Crippen LogP contribution in [0, 0.1) is 0 Å². The molecule has 4 aromatic rings. The summed E-state index contributed by atoms with van der Waals surface area (Å²) >= 11 is 0. The second-order valence-corrected chi connectivity index (χ2v) is 7.90. The summed E-state index contributed by atoms with van der Waals surface area (Å²) in [4.78, 5) is 25.4. The van der Waals surface area contributed by atoms with Crippen molar-refractivity contribution in [2.24, 2.45) is 0 Å². The molecule has 0 aliphatic carbocycles. The topological polar surface area (TPSA) is 94.2 Å². The molecule has 0 fully saturated rings. The Morgan fingerprint density at radius 2 is 1.82 bits per heavy atom. The summed E-state index contributed by atoms with van der Waals surface area (Å²) in [5, 5.41) is 14.0. The van der Waals surface area contributed by atoms with Gasteiger partial charge in [0.25, 0.3) is 5.56 Å². The minimum Gasteiger partial charge on any atom is -0.323 e. The monoisotopic (exact) mass is 480 g/mol. The maximum Gasteiger partial charge on any atom is 0.458 e. The van der Waals surface area contributed by atoms with Crippen molar-refractivity contribution in [2.45, 2.75) is 38.4 Å². The number of hydrogen-bond donors (Lipinski definition) is 1. The maximum absolute atomic E-state index is 13.9. The van der Waals surface area contributed by atoms with Crippen molar-refractivity contribution in [3.63, 3.8) is 0 Å². The van der Waals surface area contributed by atoms with E-state index in [4.69, 9.17) is 0 Å². The van der Waals surface area contributed by atoms with Crippen molar-refractivity contribution in [3.8, 4) is 0 Å². The second kappa shape index (κ2) is 8.15. The first-order chi connectivity index (χ1) is 15.9. The molecule has 3 heterocycles. The molecule has 0 atom stereocenters. The lowest BCUT2D eigenvalue weighted by Crippen LogP contribution is -2.34. The largest absolute Gasteiger partial charge is 0.458 e. The smallest absolute Gasteiger partial charge is 0.323 e. The second-order valence-electron chi connectivity index (χ2n) is 7.90. The average Bonchev–Trinajstić information content (AvgIpc) is 3.22. The van der Waals surface area contributed by atoms with Gasteiger partial charge in [0.15, 0.2) is 5.65 Å². The number of carbonyl (C=O) groups excluding carboxylic acids is 1. The predicted octanol–water partition coefficient (Wildman–Crippen LogP) is 3.86. The molecule has 0 aliphatic rings. The van der Waals surface area contributed by atoms with Crippen LogP contribution < -0.4 is 10.9 Å². The fourth-order valence-electron chi connectivity index (χ4n) is 3.44. The van der Waals surface area contributed by atoms with Crippen LogP contribution in [0.2, 0.25) is 0 Å².